The number of nitrogens with one attached hydrogen (secondary N) is 1. The number of aromatic amines is 1. The van der Waals surface area contributed by atoms with Gasteiger partial charge in [0, 0.05) is 22.9 Å². The number of carbonyl (C=O) groups is 3. The normalized spacial score (nSPS) is 13.7. The van der Waals surface area contributed by atoms with Crippen LogP contribution >= 0.6 is 0 Å². The maximum Gasteiger partial charge on any atom is 0.339 e. The molecule has 1 aliphatic rings. The van der Waals surface area contributed by atoms with Gasteiger partial charge in [0.2, 0.25) is 5.78 Å². The number of H-pyrrole nitrogens is 1. The van der Waals surface area contributed by atoms with Crippen molar-refractivity contribution in [2.45, 2.75) is 46.5 Å². The van der Waals surface area contributed by atoms with Gasteiger partial charge in [-0.05, 0) is 52.2 Å². The molecular formula is C21H21N3O5. The smallest absolute Gasteiger partial charge is 0.339 e. The quantitative estimate of drug-likeness (QED) is 0.501. The first-order valence-electron chi connectivity index (χ1n) is 9.45. The highest BCUT2D eigenvalue weighted by Gasteiger charge is 2.29. The molecule has 29 heavy (non-hydrogen) atoms. The third-order valence-electron chi connectivity index (χ3n) is 5.26. The zero-order valence-electron chi connectivity index (χ0n) is 16.7. The molecule has 8 nitrogen and oxygen atoms in total. The molecule has 8 heteroatoms. The van der Waals surface area contributed by atoms with Crippen molar-refractivity contribution in [3.8, 4) is 0 Å². The van der Waals surface area contributed by atoms with Crippen LogP contribution in [0.3, 0.4) is 0 Å². The average Bonchev–Trinajstić information content (AvgIpc) is 3.39. The van der Waals surface area contributed by atoms with Gasteiger partial charge >= 0.3 is 5.97 Å². The van der Waals surface area contributed by atoms with Crippen LogP contribution in [-0.2, 0) is 4.74 Å². The van der Waals surface area contributed by atoms with Crippen LogP contribution in [0.5, 0.6) is 0 Å². The Morgan fingerprint density at radius 3 is 2.59 bits per heavy atom. The zero-order valence-corrected chi connectivity index (χ0v) is 16.7. The van der Waals surface area contributed by atoms with E-state index < -0.39 is 18.4 Å². The number of ketones is 2. The second-order valence-corrected chi connectivity index (χ2v) is 7.50. The molecule has 3 aromatic rings. The minimum atomic E-state index is -0.633. The molecule has 0 aliphatic heterocycles. The van der Waals surface area contributed by atoms with E-state index in [1.807, 2.05) is 0 Å². The molecule has 0 unspecified atom stereocenters. The lowest BCUT2D eigenvalue weighted by Gasteiger charge is -2.07. The maximum absolute atomic E-state index is 12.8. The molecule has 1 saturated carbocycles. The highest BCUT2D eigenvalue weighted by molar-refractivity contribution is 6.06. The van der Waals surface area contributed by atoms with E-state index in [4.69, 9.17) is 9.26 Å². The Morgan fingerprint density at radius 1 is 1.24 bits per heavy atom. The number of esters is 1. The van der Waals surface area contributed by atoms with Crippen molar-refractivity contribution in [1.82, 2.24) is 15.1 Å². The molecule has 150 valence electrons. The lowest BCUT2D eigenvalue weighted by Crippen LogP contribution is -2.16. The number of carbonyl (C=O) groups excluding carboxylic acids is 3. The standard InChI is InChI=1S/C21H21N3O5/c1-9-17(12(4)25)10(2)22-19(9)16(26)8-28-21(27)14-7-15(13-5-6-13)23-20-18(14)11(3)24-29-20/h7,13,22H,5-6,8H2,1-4H3. The van der Waals surface area contributed by atoms with Gasteiger partial charge in [-0.15, -0.1) is 0 Å². The molecular weight excluding hydrogens is 374 g/mol. The molecule has 0 radical (unpaired) electrons. The van der Waals surface area contributed by atoms with E-state index in [1.165, 1.54) is 6.92 Å². The second kappa shape index (κ2) is 6.95. The molecule has 3 aromatic heterocycles. The van der Waals surface area contributed by atoms with Crippen molar-refractivity contribution in [2.75, 3.05) is 6.61 Å². The Labute approximate surface area is 166 Å². The van der Waals surface area contributed by atoms with Gasteiger partial charge in [0.05, 0.1) is 22.3 Å². The fourth-order valence-electron chi connectivity index (χ4n) is 3.70. The van der Waals surface area contributed by atoms with Crippen LogP contribution in [0, 0.1) is 20.8 Å². The first-order valence-corrected chi connectivity index (χ1v) is 9.45. The summed E-state index contributed by atoms with van der Waals surface area (Å²) in [6.07, 6.45) is 2.03. The topological polar surface area (TPSA) is 115 Å². The summed E-state index contributed by atoms with van der Waals surface area (Å²) in [5, 5.41) is 4.39. The molecule has 0 spiro atoms. The summed E-state index contributed by atoms with van der Waals surface area (Å²) >= 11 is 0. The van der Waals surface area contributed by atoms with E-state index in [2.05, 4.69) is 15.1 Å². The first-order chi connectivity index (χ1) is 13.8. The van der Waals surface area contributed by atoms with Crippen LogP contribution in [-0.4, -0.2) is 39.3 Å². The summed E-state index contributed by atoms with van der Waals surface area (Å²) in [4.78, 5) is 44.5. The Balaban J connectivity index is 1.58. The van der Waals surface area contributed by atoms with Gasteiger partial charge in [0.15, 0.2) is 12.4 Å². The van der Waals surface area contributed by atoms with Crippen molar-refractivity contribution in [3.05, 3.63) is 45.5 Å². The number of hydrogen-bond donors (Lipinski definition) is 1. The Kier molecular flexibility index (Phi) is 4.56. The Morgan fingerprint density at radius 2 is 1.97 bits per heavy atom. The molecule has 0 saturated heterocycles. The second-order valence-electron chi connectivity index (χ2n) is 7.50. The van der Waals surface area contributed by atoms with E-state index in [0.717, 1.165) is 18.5 Å². The molecule has 1 N–H and O–H groups in total. The minimum absolute atomic E-state index is 0.123. The lowest BCUT2D eigenvalue weighted by atomic mass is 10.1. The fraction of sp³-hybridized carbons (Fsp3) is 0.381. The van der Waals surface area contributed by atoms with Crippen LogP contribution < -0.4 is 0 Å². The number of ether oxygens (including phenoxy) is 1. The number of rotatable bonds is 6. The number of aromatic nitrogens is 3. The summed E-state index contributed by atoms with van der Waals surface area (Å²) < 4.78 is 10.5. The zero-order chi connectivity index (χ0) is 20.9. The van der Waals surface area contributed by atoms with Crippen LogP contribution in [0.4, 0.5) is 0 Å². The van der Waals surface area contributed by atoms with E-state index in [0.29, 0.717) is 45.1 Å². The molecule has 1 aliphatic carbocycles. The SMILES string of the molecule is CC(=O)c1c(C)[nH]c(C(=O)COC(=O)c2cc(C3CC3)nc3onc(C)c23)c1C. The number of hydrogen-bond acceptors (Lipinski definition) is 7. The Bertz CT molecular complexity index is 1170. The molecule has 0 atom stereocenters. The first kappa shape index (κ1) is 19.0. The van der Waals surface area contributed by atoms with Gasteiger partial charge in [-0.25, -0.2) is 9.78 Å². The summed E-state index contributed by atoms with van der Waals surface area (Å²) in [7, 11) is 0. The van der Waals surface area contributed by atoms with Crippen LogP contribution in [0.15, 0.2) is 10.6 Å². The molecule has 0 amide bonds. The van der Waals surface area contributed by atoms with Crippen molar-refractivity contribution in [1.29, 1.82) is 0 Å². The van der Waals surface area contributed by atoms with Gasteiger partial charge in [-0.3, -0.25) is 9.59 Å². The number of fused-ring (bicyclic) bond motifs is 1. The van der Waals surface area contributed by atoms with E-state index in [9.17, 15) is 14.4 Å². The van der Waals surface area contributed by atoms with Crippen molar-refractivity contribution >= 4 is 28.6 Å². The predicted octanol–water partition coefficient (Wildman–Crippen LogP) is 3.60. The van der Waals surface area contributed by atoms with E-state index in [1.54, 1.807) is 26.8 Å². The monoisotopic (exact) mass is 395 g/mol. The summed E-state index contributed by atoms with van der Waals surface area (Å²) in [5.74, 6) is -0.845. The van der Waals surface area contributed by atoms with Crippen LogP contribution in [0.2, 0.25) is 0 Å². The summed E-state index contributed by atoms with van der Waals surface area (Å²) in [5.41, 5.74) is 3.86. The number of Topliss-reactive ketones (excluding diaryl/α,β-unsaturated/α-hetero) is 2. The number of pyridine rings is 1. The fourth-order valence-corrected chi connectivity index (χ4v) is 3.70. The van der Waals surface area contributed by atoms with Gasteiger partial charge in [-0.2, -0.15) is 0 Å². The average molecular weight is 395 g/mol. The third-order valence-corrected chi connectivity index (χ3v) is 5.26. The maximum atomic E-state index is 12.8. The van der Waals surface area contributed by atoms with Crippen molar-refractivity contribution in [3.63, 3.8) is 0 Å². The van der Waals surface area contributed by atoms with E-state index in [-0.39, 0.29) is 11.5 Å². The molecule has 4 rings (SSSR count). The minimum Gasteiger partial charge on any atom is -0.454 e. The summed E-state index contributed by atoms with van der Waals surface area (Å²) in [6, 6.07) is 1.70. The van der Waals surface area contributed by atoms with Gasteiger partial charge in [-0.1, -0.05) is 5.16 Å². The molecule has 1 fully saturated rings. The molecule has 3 heterocycles. The van der Waals surface area contributed by atoms with Crippen LogP contribution in [0.1, 0.15) is 79.5 Å². The van der Waals surface area contributed by atoms with Gasteiger partial charge in [0.1, 0.15) is 0 Å². The lowest BCUT2D eigenvalue weighted by molar-refractivity contribution is 0.0475. The highest BCUT2D eigenvalue weighted by atomic mass is 16.5. The van der Waals surface area contributed by atoms with Crippen LogP contribution in [0.25, 0.3) is 11.1 Å². The number of aryl methyl sites for hydroxylation is 2. The van der Waals surface area contributed by atoms with Crippen molar-refractivity contribution < 1.29 is 23.6 Å². The largest absolute Gasteiger partial charge is 0.454 e. The highest BCUT2D eigenvalue weighted by Crippen LogP contribution is 2.40. The van der Waals surface area contributed by atoms with Gasteiger partial charge in [0.25, 0.3) is 5.71 Å². The number of nitrogens with zero attached hydrogens (tertiary/aromatic N) is 2. The van der Waals surface area contributed by atoms with E-state index >= 15 is 0 Å². The molecule has 0 bridgehead atoms. The summed E-state index contributed by atoms with van der Waals surface area (Å²) in [6.45, 7) is 6.16. The third kappa shape index (κ3) is 3.35. The molecule has 0 aromatic carbocycles. The van der Waals surface area contributed by atoms with Gasteiger partial charge < -0.3 is 14.2 Å². The van der Waals surface area contributed by atoms with Crippen molar-refractivity contribution in [2.24, 2.45) is 0 Å². The Hall–Kier alpha value is -3.29. The predicted molar refractivity (Wildman–Crippen MR) is 103 cm³/mol.